The molecule has 1 aromatic carbocycles. The Morgan fingerprint density at radius 3 is 2.72 bits per heavy atom. The molecule has 0 fully saturated rings. The number of nitrogens with zero attached hydrogens (tertiary/aromatic N) is 1. The number of anilines is 1. The van der Waals surface area contributed by atoms with Gasteiger partial charge in [0.1, 0.15) is 13.3 Å². The largest absolute Gasteiger partial charge is 0.447 e. The summed E-state index contributed by atoms with van der Waals surface area (Å²) in [7, 11) is 3.87. The molecule has 1 aromatic rings. The molecule has 0 aliphatic rings. The SMILES string of the molecule is CC(NC(=O)OCCF)c1ccccc1N(C)C. The average Bonchev–Trinajstić information content (AvgIpc) is 2.36. The Hall–Kier alpha value is -1.78. The molecule has 0 saturated carbocycles. The van der Waals surface area contributed by atoms with Gasteiger partial charge in [0, 0.05) is 19.8 Å². The topological polar surface area (TPSA) is 41.6 Å². The summed E-state index contributed by atoms with van der Waals surface area (Å²) < 4.78 is 16.5. The van der Waals surface area contributed by atoms with Gasteiger partial charge < -0.3 is 15.0 Å². The van der Waals surface area contributed by atoms with Crippen LogP contribution in [-0.2, 0) is 4.74 Å². The summed E-state index contributed by atoms with van der Waals surface area (Å²) in [5.74, 6) is 0. The molecule has 100 valence electrons. The van der Waals surface area contributed by atoms with E-state index in [4.69, 9.17) is 0 Å². The first-order chi connectivity index (χ1) is 8.56. The van der Waals surface area contributed by atoms with Gasteiger partial charge in [-0.25, -0.2) is 9.18 Å². The standard InChI is InChI=1S/C13H19FN2O2/c1-10(15-13(17)18-9-8-14)11-6-4-5-7-12(11)16(2)3/h4-7,10H,8-9H2,1-3H3,(H,15,17). The van der Waals surface area contributed by atoms with Crippen molar-refractivity contribution in [1.29, 1.82) is 0 Å². The first-order valence-corrected chi connectivity index (χ1v) is 5.81. The number of hydrogen-bond acceptors (Lipinski definition) is 3. The minimum absolute atomic E-state index is 0.198. The Kier molecular flexibility index (Phi) is 5.42. The summed E-state index contributed by atoms with van der Waals surface area (Å²) in [4.78, 5) is 13.3. The number of benzene rings is 1. The van der Waals surface area contributed by atoms with E-state index >= 15 is 0 Å². The minimum Gasteiger partial charge on any atom is -0.447 e. The van der Waals surface area contributed by atoms with Gasteiger partial charge in [0.15, 0.2) is 0 Å². The zero-order valence-electron chi connectivity index (χ0n) is 10.9. The first-order valence-electron chi connectivity index (χ1n) is 5.81. The van der Waals surface area contributed by atoms with Crippen LogP contribution in [0.4, 0.5) is 14.9 Å². The second kappa shape index (κ2) is 6.83. The predicted molar refractivity (Wildman–Crippen MR) is 69.6 cm³/mol. The Balaban J connectivity index is 2.72. The highest BCUT2D eigenvalue weighted by atomic mass is 19.1. The third kappa shape index (κ3) is 3.91. The highest BCUT2D eigenvalue weighted by Crippen LogP contribution is 2.24. The Morgan fingerprint density at radius 2 is 2.11 bits per heavy atom. The number of carbonyl (C=O) groups excluding carboxylic acids is 1. The quantitative estimate of drug-likeness (QED) is 0.877. The highest BCUT2D eigenvalue weighted by Gasteiger charge is 2.14. The van der Waals surface area contributed by atoms with Crippen molar-refractivity contribution in [3.8, 4) is 0 Å². The molecule has 4 nitrogen and oxygen atoms in total. The third-order valence-electron chi connectivity index (χ3n) is 2.53. The van der Waals surface area contributed by atoms with Gasteiger partial charge in [-0.3, -0.25) is 0 Å². The highest BCUT2D eigenvalue weighted by molar-refractivity contribution is 5.68. The average molecular weight is 254 g/mol. The van der Waals surface area contributed by atoms with Crippen LogP contribution in [0, 0.1) is 0 Å². The van der Waals surface area contributed by atoms with Crippen molar-refractivity contribution in [2.24, 2.45) is 0 Å². The number of carbonyl (C=O) groups is 1. The molecular weight excluding hydrogens is 235 g/mol. The van der Waals surface area contributed by atoms with Crippen LogP contribution >= 0.6 is 0 Å². The van der Waals surface area contributed by atoms with Gasteiger partial charge in [0.05, 0.1) is 6.04 Å². The van der Waals surface area contributed by atoms with E-state index in [1.807, 2.05) is 50.2 Å². The summed E-state index contributed by atoms with van der Waals surface area (Å²) in [5, 5.41) is 2.67. The molecule has 0 bridgehead atoms. The van der Waals surface area contributed by atoms with E-state index in [-0.39, 0.29) is 12.6 Å². The maximum Gasteiger partial charge on any atom is 0.407 e. The Bertz CT molecular complexity index is 396. The molecule has 1 atom stereocenters. The fourth-order valence-corrected chi connectivity index (χ4v) is 1.69. The number of amides is 1. The van der Waals surface area contributed by atoms with Gasteiger partial charge in [-0.2, -0.15) is 0 Å². The predicted octanol–water partition coefficient (Wildman–Crippen LogP) is 2.51. The molecule has 0 aromatic heterocycles. The maximum atomic E-state index is 11.9. The van der Waals surface area contributed by atoms with E-state index in [0.717, 1.165) is 11.3 Å². The smallest absolute Gasteiger partial charge is 0.407 e. The lowest BCUT2D eigenvalue weighted by atomic mass is 10.1. The minimum atomic E-state index is -0.671. The molecule has 1 amide bonds. The number of rotatable bonds is 5. The van der Waals surface area contributed by atoms with Crippen molar-refractivity contribution in [1.82, 2.24) is 5.32 Å². The van der Waals surface area contributed by atoms with Crippen molar-refractivity contribution in [3.05, 3.63) is 29.8 Å². The molecule has 1 unspecified atom stereocenters. The van der Waals surface area contributed by atoms with Gasteiger partial charge in [-0.05, 0) is 18.6 Å². The summed E-state index contributed by atoms with van der Waals surface area (Å²) in [5.41, 5.74) is 2.01. The van der Waals surface area contributed by atoms with Crippen molar-refractivity contribution in [2.45, 2.75) is 13.0 Å². The summed E-state index contributed by atoms with van der Waals surface area (Å²) in [6.07, 6.45) is -0.603. The van der Waals surface area contributed by atoms with Gasteiger partial charge in [-0.15, -0.1) is 0 Å². The lowest BCUT2D eigenvalue weighted by Gasteiger charge is -2.22. The molecule has 0 radical (unpaired) electrons. The number of alkyl carbamates (subject to hydrolysis) is 1. The van der Waals surface area contributed by atoms with Crippen molar-refractivity contribution < 1.29 is 13.9 Å². The maximum absolute atomic E-state index is 11.9. The van der Waals surface area contributed by atoms with E-state index in [1.165, 1.54) is 0 Å². The van der Waals surface area contributed by atoms with Crippen LogP contribution < -0.4 is 10.2 Å². The van der Waals surface area contributed by atoms with Crippen LogP contribution in [0.2, 0.25) is 0 Å². The zero-order chi connectivity index (χ0) is 13.5. The van der Waals surface area contributed by atoms with Crippen LogP contribution in [-0.4, -0.2) is 33.5 Å². The number of ether oxygens (including phenoxy) is 1. The van der Waals surface area contributed by atoms with Crippen LogP contribution in [0.15, 0.2) is 24.3 Å². The number of nitrogens with one attached hydrogen (secondary N) is 1. The number of alkyl halides is 1. The second-order valence-corrected chi connectivity index (χ2v) is 4.14. The number of hydrogen-bond donors (Lipinski definition) is 1. The zero-order valence-corrected chi connectivity index (χ0v) is 10.9. The first kappa shape index (κ1) is 14.3. The molecule has 1 rings (SSSR count). The summed E-state index contributed by atoms with van der Waals surface area (Å²) in [6, 6.07) is 7.56. The molecule has 5 heteroatoms. The van der Waals surface area contributed by atoms with E-state index in [1.54, 1.807) is 0 Å². The van der Waals surface area contributed by atoms with Gasteiger partial charge in [0.2, 0.25) is 0 Å². The molecule has 0 heterocycles. The summed E-state index contributed by atoms with van der Waals surface area (Å²) >= 11 is 0. The van der Waals surface area contributed by atoms with Crippen molar-refractivity contribution >= 4 is 11.8 Å². The second-order valence-electron chi connectivity index (χ2n) is 4.14. The molecule has 0 saturated heterocycles. The van der Waals surface area contributed by atoms with E-state index < -0.39 is 12.8 Å². The van der Waals surface area contributed by atoms with Gasteiger partial charge in [0.25, 0.3) is 0 Å². The van der Waals surface area contributed by atoms with E-state index in [2.05, 4.69) is 10.1 Å². The molecule has 1 N–H and O–H groups in total. The normalized spacial score (nSPS) is 11.8. The lowest BCUT2D eigenvalue weighted by molar-refractivity contribution is 0.134. The molecule has 18 heavy (non-hydrogen) atoms. The van der Waals surface area contributed by atoms with Gasteiger partial charge in [-0.1, -0.05) is 18.2 Å². The Morgan fingerprint density at radius 1 is 1.44 bits per heavy atom. The summed E-state index contributed by atoms with van der Waals surface area (Å²) in [6.45, 7) is 0.975. The molecule has 0 aliphatic carbocycles. The van der Waals surface area contributed by atoms with Crippen LogP contribution in [0.1, 0.15) is 18.5 Å². The molecular formula is C13H19FN2O2. The van der Waals surface area contributed by atoms with E-state index in [0.29, 0.717) is 0 Å². The fraction of sp³-hybridized carbons (Fsp3) is 0.462. The van der Waals surface area contributed by atoms with E-state index in [9.17, 15) is 9.18 Å². The fourth-order valence-electron chi connectivity index (χ4n) is 1.69. The van der Waals surface area contributed by atoms with Crippen molar-refractivity contribution in [2.75, 3.05) is 32.3 Å². The van der Waals surface area contributed by atoms with Crippen molar-refractivity contribution in [3.63, 3.8) is 0 Å². The Labute approximate surface area is 107 Å². The van der Waals surface area contributed by atoms with Crippen LogP contribution in [0.3, 0.4) is 0 Å². The molecule has 0 aliphatic heterocycles. The monoisotopic (exact) mass is 254 g/mol. The molecule has 0 spiro atoms. The lowest BCUT2D eigenvalue weighted by Crippen LogP contribution is -2.29. The number of halogens is 1. The van der Waals surface area contributed by atoms with Gasteiger partial charge >= 0.3 is 6.09 Å². The van der Waals surface area contributed by atoms with Crippen LogP contribution in [0.5, 0.6) is 0 Å². The number of para-hydroxylation sites is 1. The van der Waals surface area contributed by atoms with Crippen LogP contribution in [0.25, 0.3) is 0 Å². The third-order valence-corrected chi connectivity index (χ3v) is 2.53.